The number of para-hydroxylation sites is 1. The van der Waals surface area contributed by atoms with Crippen molar-refractivity contribution in [3.05, 3.63) is 70.4 Å². The van der Waals surface area contributed by atoms with Crippen LogP contribution in [0.5, 0.6) is 0 Å². The van der Waals surface area contributed by atoms with Gasteiger partial charge in [-0.25, -0.2) is 0 Å². The van der Waals surface area contributed by atoms with Gasteiger partial charge in [0.05, 0.1) is 17.2 Å². The van der Waals surface area contributed by atoms with Gasteiger partial charge in [-0.2, -0.15) is 0 Å². The van der Waals surface area contributed by atoms with Gasteiger partial charge in [0.15, 0.2) is 5.76 Å². The number of carbonyl (C=O) groups is 1. The van der Waals surface area contributed by atoms with E-state index < -0.39 is 0 Å². The van der Waals surface area contributed by atoms with Gasteiger partial charge in [-0.15, -0.1) is 11.8 Å². The van der Waals surface area contributed by atoms with Crippen LogP contribution in [0.15, 0.2) is 64.8 Å². The van der Waals surface area contributed by atoms with Crippen molar-refractivity contribution in [3.8, 4) is 0 Å². The summed E-state index contributed by atoms with van der Waals surface area (Å²) in [7, 11) is 0. The van der Waals surface area contributed by atoms with Crippen LogP contribution < -0.4 is 5.32 Å². The highest BCUT2D eigenvalue weighted by atomic mass is 79.9. The van der Waals surface area contributed by atoms with Gasteiger partial charge in [0.25, 0.3) is 5.91 Å². The van der Waals surface area contributed by atoms with Gasteiger partial charge >= 0.3 is 0 Å². The number of hydrogen-bond donors (Lipinski definition) is 1. The SMILES string of the molecule is O=C(Nc1ccccc1Br)C1=C(c2ccccc2)SCCO1. The van der Waals surface area contributed by atoms with Gasteiger partial charge in [-0.3, -0.25) is 4.79 Å². The number of anilines is 1. The van der Waals surface area contributed by atoms with Crippen molar-refractivity contribution in [1.29, 1.82) is 0 Å². The topological polar surface area (TPSA) is 38.3 Å². The average molecular weight is 376 g/mol. The molecular formula is C17H14BrNO2S. The van der Waals surface area contributed by atoms with Crippen molar-refractivity contribution in [2.24, 2.45) is 0 Å². The Balaban J connectivity index is 1.91. The Morgan fingerprint density at radius 3 is 2.59 bits per heavy atom. The van der Waals surface area contributed by atoms with Crippen LogP contribution in [0.4, 0.5) is 5.69 Å². The summed E-state index contributed by atoms with van der Waals surface area (Å²) in [5.74, 6) is 1.01. The highest BCUT2D eigenvalue weighted by Crippen LogP contribution is 2.35. The molecule has 5 heteroatoms. The van der Waals surface area contributed by atoms with Crippen LogP contribution in [0.3, 0.4) is 0 Å². The highest BCUT2D eigenvalue weighted by Gasteiger charge is 2.23. The van der Waals surface area contributed by atoms with E-state index in [1.807, 2.05) is 54.6 Å². The molecular weight excluding hydrogens is 362 g/mol. The Bertz CT molecular complexity index is 716. The summed E-state index contributed by atoms with van der Waals surface area (Å²) in [6.45, 7) is 0.541. The van der Waals surface area contributed by atoms with Gasteiger partial charge < -0.3 is 10.1 Å². The van der Waals surface area contributed by atoms with Gasteiger partial charge in [0.2, 0.25) is 0 Å². The lowest BCUT2D eigenvalue weighted by Crippen LogP contribution is -2.21. The van der Waals surface area contributed by atoms with E-state index in [4.69, 9.17) is 4.74 Å². The van der Waals surface area contributed by atoms with Crippen molar-refractivity contribution in [1.82, 2.24) is 0 Å². The minimum Gasteiger partial charge on any atom is -0.486 e. The number of thioether (sulfide) groups is 1. The second-order valence-electron chi connectivity index (χ2n) is 4.66. The molecule has 2 aromatic carbocycles. The van der Waals surface area contributed by atoms with Crippen LogP contribution >= 0.6 is 27.7 Å². The van der Waals surface area contributed by atoms with E-state index in [1.165, 1.54) is 0 Å². The number of ether oxygens (including phenoxy) is 1. The summed E-state index contributed by atoms with van der Waals surface area (Å²) in [5.41, 5.74) is 1.73. The molecule has 3 nitrogen and oxygen atoms in total. The van der Waals surface area contributed by atoms with Gasteiger partial charge in [0, 0.05) is 10.2 Å². The van der Waals surface area contributed by atoms with Crippen LogP contribution in [-0.2, 0) is 9.53 Å². The summed E-state index contributed by atoms with van der Waals surface area (Å²) in [6.07, 6.45) is 0. The molecule has 0 atom stereocenters. The first-order valence-electron chi connectivity index (χ1n) is 6.87. The third-order valence-corrected chi connectivity index (χ3v) is 4.92. The molecule has 0 fully saturated rings. The van der Waals surface area contributed by atoms with Crippen molar-refractivity contribution >= 4 is 44.2 Å². The number of benzene rings is 2. The predicted molar refractivity (Wildman–Crippen MR) is 94.5 cm³/mol. The minimum absolute atomic E-state index is 0.224. The first-order chi connectivity index (χ1) is 10.8. The Morgan fingerprint density at radius 1 is 1.09 bits per heavy atom. The van der Waals surface area contributed by atoms with Crippen LogP contribution in [-0.4, -0.2) is 18.3 Å². The molecule has 1 heterocycles. The molecule has 0 saturated carbocycles. The number of nitrogens with one attached hydrogen (secondary N) is 1. The van der Waals surface area contributed by atoms with Crippen LogP contribution in [0.25, 0.3) is 4.91 Å². The molecule has 0 saturated heterocycles. The number of halogens is 1. The molecule has 22 heavy (non-hydrogen) atoms. The lowest BCUT2D eigenvalue weighted by atomic mass is 10.2. The van der Waals surface area contributed by atoms with Crippen LogP contribution in [0.2, 0.25) is 0 Å². The van der Waals surface area contributed by atoms with Gasteiger partial charge in [-0.1, -0.05) is 42.5 Å². The molecule has 1 N–H and O–H groups in total. The van der Waals surface area contributed by atoms with Gasteiger partial charge in [0.1, 0.15) is 0 Å². The predicted octanol–water partition coefficient (Wildman–Crippen LogP) is 4.52. The Labute approximate surface area is 141 Å². The lowest BCUT2D eigenvalue weighted by Gasteiger charge is -2.20. The minimum atomic E-state index is -0.224. The van der Waals surface area contributed by atoms with Crippen molar-refractivity contribution in [2.75, 3.05) is 17.7 Å². The van der Waals surface area contributed by atoms with E-state index in [9.17, 15) is 4.79 Å². The van der Waals surface area contributed by atoms with E-state index in [-0.39, 0.29) is 5.91 Å². The van der Waals surface area contributed by atoms with E-state index in [0.717, 1.165) is 26.4 Å². The Kier molecular flexibility index (Phi) is 4.85. The largest absolute Gasteiger partial charge is 0.486 e. The van der Waals surface area contributed by atoms with E-state index in [2.05, 4.69) is 21.2 Å². The quantitative estimate of drug-likeness (QED) is 0.856. The van der Waals surface area contributed by atoms with E-state index >= 15 is 0 Å². The maximum atomic E-state index is 12.6. The van der Waals surface area contributed by atoms with Crippen molar-refractivity contribution < 1.29 is 9.53 Å². The van der Waals surface area contributed by atoms with E-state index in [0.29, 0.717) is 12.4 Å². The lowest BCUT2D eigenvalue weighted by molar-refractivity contribution is -0.115. The third-order valence-electron chi connectivity index (χ3n) is 3.15. The first kappa shape index (κ1) is 15.2. The Morgan fingerprint density at radius 2 is 1.82 bits per heavy atom. The molecule has 0 bridgehead atoms. The van der Waals surface area contributed by atoms with Crippen molar-refractivity contribution in [3.63, 3.8) is 0 Å². The zero-order valence-corrected chi connectivity index (χ0v) is 14.1. The summed E-state index contributed by atoms with van der Waals surface area (Å²) in [6, 6.07) is 17.4. The molecule has 1 aliphatic rings. The summed E-state index contributed by atoms with van der Waals surface area (Å²) >= 11 is 5.08. The third kappa shape index (κ3) is 3.36. The van der Waals surface area contributed by atoms with Gasteiger partial charge in [-0.05, 0) is 33.6 Å². The molecule has 0 unspecified atom stereocenters. The monoisotopic (exact) mass is 375 g/mol. The maximum Gasteiger partial charge on any atom is 0.291 e. The summed E-state index contributed by atoms with van der Waals surface area (Å²) < 4.78 is 6.49. The zero-order chi connectivity index (χ0) is 15.4. The maximum absolute atomic E-state index is 12.6. The van der Waals surface area contributed by atoms with Crippen LogP contribution in [0.1, 0.15) is 5.56 Å². The van der Waals surface area contributed by atoms with E-state index in [1.54, 1.807) is 11.8 Å². The average Bonchev–Trinajstić information content (AvgIpc) is 2.58. The smallest absolute Gasteiger partial charge is 0.291 e. The second-order valence-corrected chi connectivity index (χ2v) is 6.61. The fourth-order valence-electron chi connectivity index (χ4n) is 2.13. The highest BCUT2D eigenvalue weighted by molar-refractivity contribution is 9.10. The summed E-state index contributed by atoms with van der Waals surface area (Å²) in [5, 5.41) is 2.90. The molecule has 0 aromatic heterocycles. The first-order valence-corrected chi connectivity index (χ1v) is 8.65. The zero-order valence-electron chi connectivity index (χ0n) is 11.7. The normalized spacial score (nSPS) is 14.4. The molecule has 1 aliphatic heterocycles. The molecule has 112 valence electrons. The fourth-order valence-corrected chi connectivity index (χ4v) is 3.47. The number of rotatable bonds is 3. The second kappa shape index (κ2) is 7.03. The number of carbonyl (C=O) groups excluding carboxylic acids is 1. The van der Waals surface area contributed by atoms with Crippen molar-refractivity contribution in [2.45, 2.75) is 0 Å². The molecule has 3 rings (SSSR count). The number of amides is 1. The summed E-state index contributed by atoms with van der Waals surface area (Å²) in [4.78, 5) is 13.5. The fraction of sp³-hybridized carbons (Fsp3) is 0.118. The molecule has 0 radical (unpaired) electrons. The van der Waals surface area contributed by atoms with Crippen LogP contribution in [0, 0.1) is 0 Å². The molecule has 0 spiro atoms. The Hall–Kier alpha value is -1.72. The standard InChI is InChI=1S/C17H14BrNO2S/c18-13-8-4-5-9-14(13)19-17(20)15-16(22-11-10-21-15)12-6-2-1-3-7-12/h1-9H,10-11H2,(H,19,20). The molecule has 0 aliphatic carbocycles. The molecule has 2 aromatic rings. The molecule has 1 amide bonds. The number of hydrogen-bond acceptors (Lipinski definition) is 3.